The van der Waals surface area contributed by atoms with Crippen molar-refractivity contribution in [2.75, 3.05) is 0 Å². The molecule has 0 rings (SSSR count). The van der Waals surface area contributed by atoms with E-state index in [1.165, 1.54) is 0 Å². The second-order valence-corrected chi connectivity index (χ2v) is 0. The molecule has 0 heterocycles. The summed E-state index contributed by atoms with van der Waals surface area (Å²) in [6.07, 6.45) is 0. The zero-order valence-electron chi connectivity index (χ0n) is 4.89. The number of hydrogen-bond acceptors (Lipinski definition) is 0. The van der Waals surface area contributed by atoms with Crippen LogP contribution in [0.25, 0.3) is 0 Å². The molecule has 5 nitrogen and oxygen atoms in total. The Bertz CT molecular complexity index is 73.4. The van der Waals surface area contributed by atoms with Gasteiger partial charge >= 0.3 is 73.6 Å². The first-order valence-corrected chi connectivity index (χ1v) is 1.02. The third-order valence-electron chi connectivity index (χ3n) is 0. The molecule has 1 radical (unpaired) electrons. The Morgan fingerprint density at radius 3 is 0.364 bits per heavy atom. The molecule has 11 heavy (non-hydrogen) atoms. The summed E-state index contributed by atoms with van der Waals surface area (Å²) in [5.74, 6) is 0. The Balaban J connectivity index is -0.00000000694. The molecule has 0 bridgehead atoms. The summed E-state index contributed by atoms with van der Waals surface area (Å²) in [5, 5.41) is 0. The Hall–Kier alpha value is -0.781. The minimum atomic E-state index is 0. The van der Waals surface area contributed by atoms with Crippen LogP contribution in [-0.4, -0.2) is 0 Å². The Kier molecular flexibility index (Phi) is 4530. The Morgan fingerprint density at radius 1 is 0.364 bits per heavy atom. The average molecular weight is 196 g/mol. The maximum Gasteiger partial charge on any atom is 5.00 e. The van der Waals surface area contributed by atoms with Crippen molar-refractivity contribution >= 4 is 0 Å². The molecule has 0 N–H and O–H groups in total. The van der Waals surface area contributed by atoms with Crippen LogP contribution in [0.5, 0.6) is 0 Å². The van der Waals surface area contributed by atoms with Gasteiger partial charge in [0.1, 0.15) is 0 Å². The van der Waals surface area contributed by atoms with E-state index in [0.29, 0.717) is 0 Å². The van der Waals surface area contributed by atoms with Crippen LogP contribution < -0.4 is 0 Å². The van der Waals surface area contributed by atoms with Gasteiger partial charge in [0.25, 0.3) is 0 Å². The van der Waals surface area contributed by atoms with Crippen molar-refractivity contribution in [2.45, 2.75) is 0 Å². The van der Waals surface area contributed by atoms with E-state index < -0.39 is 0 Å². The number of hydrogen-bond donors (Lipinski definition) is 0. The van der Waals surface area contributed by atoms with Crippen molar-refractivity contribution in [1.29, 1.82) is 0 Å². The van der Waals surface area contributed by atoms with Crippen molar-refractivity contribution in [3.8, 4) is 0 Å². The van der Waals surface area contributed by atoms with Crippen molar-refractivity contribution in [3.63, 3.8) is 0 Å². The van der Waals surface area contributed by atoms with E-state index >= 15 is 0 Å². The molecule has 0 spiro atoms. The molecule has 0 saturated carbocycles. The van der Waals surface area contributed by atoms with Gasteiger partial charge in [0, 0.05) is 0 Å². The van der Waals surface area contributed by atoms with Crippen LogP contribution >= 0.6 is 0 Å². The molecule has 0 aromatic heterocycles. The summed E-state index contributed by atoms with van der Waals surface area (Å²) >= 11 is 0. The fraction of sp³-hybridized carbons (Fsp3) is 0. The molecule has 0 aromatic rings. The largest absolute Gasteiger partial charge is 5.00 e. The van der Waals surface area contributed by atoms with Gasteiger partial charge in [-0.1, -0.05) is 0 Å². The van der Waals surface area contributed by atoms with E-state index in [-0.39, 0.29) is 17.1 Å². The molecule has 0 fully saturated rings. The molecule has 6 heteroatoms. The molecule has 0 aliphatic carbocycles. The molecule has 53 valence electrons. The standard InChI is InChI=1S/5CO.Fe/c5*1-2;/q;;;;;+5. The van der Waals surface area contributed by atoms with Crippen LogP contribution in [0.4, 0.5) is 0 Å². The Morgan fingerprint density at radius 2 is 0.364 bits per heavy atom. The second kappa shape index (κ2) is 1020. The summed E-state index contributed by atoms with van der Waals surface area (Å²) in [7, 11) is 0. The maximum absolute atomic E-state index is 7.50. The predicted molar refractivity (Wildman–Crippen MR) is 19.6 cm³/mol. The molecule has 0 atom stereocenters. The fourth-order valence-corrected chi connectivity index (χ4v) is 0. The van der Waals surface area contributed by atoms with Gasteiger partial charge in [-0.25, -0.2) is 0 Å². The third-order valence-corrected chi connectivity index (χ3v) is 0. The quantitative estimate of drug-likeness (QED) is 0.291. The van der Waals surface area contributed by atoms with Gasteiger partial charge in [0.05, 0.1) is 0 Å². The van der Waals surface area contributed by atoms with Crippen LogP contribution in [0.2, 0.25) is 0 Å². The Labute approximate surface area is 74.2 Å². The topological polar surface area (TPSA) is 99.5 Å². The first-order valence-electron chi connectivity index (χ1n) is 1.02. The minimum absolute atomic E-state index is 0. The zero-order valence-corrected chi connectivity index (χ0v) is 6.00. The van der Waals surface area contributed by atoms with E-state index in [2.05, 4.69) is 33.3 Å². The minimum Gasteiger partial charge on any atom is 5.00 e. The van der Waals surface area contributed by atoms with Gasteiger partial charge in [0.2, 0.25) is 0 Å². The molecular formula is C5FeO5+5. The first kappa shape index (κ1) is 48.8. The molecule has 0 aliphatic heterocycles. The van der Waals surface area contributed by atoms with Gasteiger partial charge < -0.3 is 0 Å². The van der Waals surface area contributed by atoms with Gasteiger partial charge in [-0.2, -0.15) is 0 Å². The van der Waals surface area contributed by atoms with Crippen LogP contribution in [0.1, 0.15) is 0 Å². The smallest absolute Gasteiger partial charge is 5.00 e. The van der Waals surface area contributed by atoms with Gasteiger partial charge in [-0.3, -0.25) is 0 Å². The van der Waals surface area contributed by atoms with E-state index in [1.54, 1.807) is 0 Å². The molecular weight excluding hydrogens is 196 g/mol. The molecule has 0 saturated heterocycles. The van der Waals surface area contributed by atoms with Crippen LogP contribution in [-0.2, 0) is 40.3 Å². The summed E-state index contributed by atoms with van der Waals surface area (Å²) in [5.41, 5.74) is 0. The first-order chi connectivity index (χ1) is 5.00. The van der Waals surface area contributed by atoms with Gasteiger partial charge in [0.15, 0.2) is 0 Å². The van der Waals surface area contributed by atoms with Crippen LogP contribution in [0, 0.1) is 33.3 Å². The molecule has 0 aliphatic rings. The average Bonchev–Trinajstić information content (AvgIpc) is 2.20. The zero-order chi connectivity index (χ0) is 10.0. The van der Waals surface area contributed by atoms with Crippen molar-refractivity contribution in [2.24, 2.45) is 0 Å². The second-order valence-electron chi connectivity index (χ2n) is 0. The summed E-state index contributed by atoms with van der Waals surface area (Å²) < 4.78 is 37.5. The number of rotatable bonds is 0. The summed E-state index contributed by atoms with van der Waals surface area (Å²) in [6.45, 7) is 22.5. The molecule has 0 amide bonds. The summed E-state index contributed by atoms with van der Waals surface area (Å²) in [4.78, 5) is 0. The van der Waals surface area contributed by atoms with E-state index in [0.717, 1.165) is 0 Å². The van der Waals surface area contributed by atoms with E-state index in [4.69, 9.17) is 23.3 Å². The normalized spacial score (nSPS) is 0.909. The van der Waals surface area contributed by atoms with E-state index in [1.807, 2.05) is 0 Å². The van der Waals surface area contributed by atoms with Crippen LogP contribution in [0.3, 0.4) is 0 Å². The maximum atomic E-state index is 7.50. The van der Waals surface area contributed by atoms with Crippen molar-refractivity contribution in [1.82, 2.24) is 0 Å². The van der Waals surface area contributed by atoms with Crippen molar-refractivity contribution in [3.05, 3.63) is 33.3 Å². The monoisotopic (exact) mass is 196 g/mol. The van der Waals surface area contributed by atoms with Crippen LogP contribution in [0.15, 0.2) is 0 Å². The summed E-state index contributed by atoms with van der Waals surface area (Å²) in [6, 6.07) is 0. The third kappa shape index (κ3) is 789. The molecule has 0 aromatic carbocycles. The van der Waals surface area contributed by atoms with Crippen molar-refractivity contribution < 1.29 is 40.3 Å². The predicted octanol–water partition coefficient (Wildman–Crippen LogP) is -0.190. The van der Waals surface area contributed by atoms with Gasteiger partial charge in [-0.15, -0.1) is 0 Å². The van der Waals surface area contributed by atoms with E-state index in [9.17, 15) is 0 Å². The molecule has 0 unspecified atom stereocenters. The SMILES string of the molecule is [C-]#[O+].[C-]#[O+].[C-]#[O+].[C-]#[O+].[C-]#[O+].[Fe+5]. The fourth-order valence-electron chi connectivity index (χ4n) is 0. The van der Waals surface area contributed by atoms with Gasteiger partial charge in [-0.05, 0) is 0 Å².